The van der Waals surface area contributed by atoms with E-state index in [1.54, 1.807) is 13.0 Å². The van der Waals surface area contributed by atoms with Gasteiger partial charge in [0.1, 0.15) is 5.02 Å². The van der Waals surface area contributed by atoms with Crippen LogP contribution < -0.4 is 5.32 Å². The number of hydrogen-bond acceptors (Lipinski definition) is 4. The molecule has 0 spiro atoms. The highest BCUT2D eigenvalue weighted by Gasteiger charge is 2.41. The molecule has 1 aromatic carbocycles. The van der Waals surface area contributed by atoms with Gasteiger partial charge in [0, 0.05) is 23.7 Å². The molecular weight excluding hydrogens is 256 g/mol. The maximum absolute atomic E-state index is 10.7. The molecule has 18 heavy (non-hydrogen) atoms. The van der Waals surface area contributed by atoms with Gasteiger partial charge in [0.15, 0.2) is 0 Å². The van der Waals surface area contributed by atoms with E-state index in [0.717, 1.165) is 24.1 Å². The molecule has 5 nitrogen and oxygen atoms in total. The van der Waals surface area contributed by atoms with Crippen molar-refractivity contribution in [3.05, 3.63) is 32.8 Å². The van der Waals surface area contributed by atoms with Crippen molar-refractivity contribution in [2.24, 2.45) is 5.41 Å². The number of anilines is 1. The third kappa shape index (κ3) is 2.57. The summed E-state index contributed by atoms with van der Waals surface area (Å²) in [5.74, 6) is 0. The Morgan fingerprint density at radius 1 is 1.56 bits per heavy atom. The van der Waals surface area contributed by atoms with Crippen LogP contribution in [0.2, 0.25) is 5.02 Å². The number of benzene rings is 1. The van der Waals surface area contributed by atoms with E-state index in [2.05, 4.69) is 5.32 Å². The highest BCUT2D eigenvalue weighted by atomic mass is 35.5. The fraction of sp³-hybridized carbons (Fsp3) is 0.500. The molecule has 1 aromatic rings. The van der Waals surface area contributed by atoms with Crippen molar-refractivity contribution in [3.8, 4) is 0 Å². The number of nitro benzene ring substituents is 1. The van der Waals surface area contributed by atoms with Gasteiger partial charge in [0.05, 0.1) is 11.5 Å². The zero-order chi connectivity index (χ0) is 13.3. The summed E-state index contributed by atoms with van der Waals surface area (Å²) in [5, 5.41) is 23.3. The summed E-state index contributed by atoms with van der Waals surface area (Å²) < 4.78 is 0. The average Bonchev–Trinajstić information content (AvgIpc) is 3.10. The summed E-state index contributed by atoms with van der Waals surface area (Å²) in [4.78, 5) is 10.2. The quantitative estimate of drug-likeness (QED) is 0.637. The molecule has 0 aliphatic heterocycles. The Bertz CT molecular complexity index is 486. The Morgan fingerprint density at radius 3 is 2.72 bits per heavy atom. The zero-order valence-corrected chi connectivity index (χ0v) is 10.8. The lowest BCUT2D eigenvalue weighted by Gasteiger charge is -2.15. The Balaban J connectivity index is 2.14. The second-order valence-corrected chi connectivity index (χ2v) is 5.29. The van der Waals surface area contributed by atoms with Crippen LogP contribution >= 0.6 is 11.6 Å². The topological polar surface area (TPSA) is 75.4 Å². The highest BCUT2D eigenvalue weighted by molar-refractivity contribution is 6.33. The Kier molecular flexibility index (Phi) is 3.45. The smallest absolute Gasteiger partial charge is 0.288 e. The second kappa shape index (κ2) is 4.74. The monoisotopic (exact) mass is 270 g/mol. The highest BCUT2D eigenvalue weighted by Crippen LogP contribution is 2.45. The SMILES string of the molecule is Cc1cc([N+](=O)[O-])c(Cl)cc1NCC1(CO)CC1. The lowest BCUT2D eigenvalue weighted by Crippen LogP contribution is -2.19. The van der Waals surface area contributed by atoms with E-state index in [9.17, 15) is 15.2 Å². The van der Waals surface area contributed by atoms with Crippen LogP contribution in [0.25, 0.3) is 0 Å². The average molecular weight is 271 g/mol. The Morgan fingerprint density at radius 2 is 2.22 bits per heavy atom. The molecule has 1 fully saturated rings. The van der Waals surface area contributed by atoms with Gasteiger partial charge in [-0.3, -0.25) is 10.1 Å². The number of nitro groups is 1. The zero-order valence-electron chi connectivity index (χ0n) is 10.1. The third-order valence-electron chi connectivity index (χ3n) is 3.44. The van der Waals surface area contributed by atoms with Gasteiger partial charge in [0.2, 0.25) is 0 Å². The molecule has 0 radical (unpaired) electrons. The Labute approximate surface area is 110 Å². The minimum Gasteiger partial charge on any atom is -0.396 e. The second-order valence-electron chi connectivity index (χ2n) is 4.89. The fourth-order valence-corrected chi connectivity index (χ4v) is 2.08. The molecule has 6 heteroatoms. The number of halogens is 1. The number of aliphatic hydroxyl groups excluding tert-OH is 1. The molecule has 0 heterocycles. The van der Waals surface area contributed by atoms with Crippen molar-refractivity contribution in [2.45, 2.75) is 19.8 Å². The summed E-state index contributed by atoms with van der Waals surface area (Å²) in [6, 6.07) is 3.03. The third-order valence-corrected chi connectivity index (χ3v) is 3.74. The summed E-state index contributed by atoms with van der Waals surface area (Å²) in [6.45, 7) is 2.63. The number of nitrogens with one attached hydrogen (secondary N) is 1. The van der Waals surface area contributed by atoms with Crippen LogP contribution in [0, 0.1) is 22.5 Å². The van der Waals surface area contributed by atoms with E-state index in [1.807, 2.05) is 0 Å². The van der Waals surface area contributed by atoms with Crippen LogP contribution in [0.3, 0.4) is 0 Å². The number of hydrogen-bond donors (Lipinski definition) is 2. The molecule has 98 valence electrons. The molecule has 1 saturated carbocycles. The lowest BCUT2D eigenvalue weighted by atomic mass is 10.1. The molecule has 1 aliphatic rings. The van der Waals surface area contributed by atoms with E-state index in [-0.39, 0.29) is 22.7 Å². The molecular formula is C12H15ClN2O3. The van der Waals surface area contributed by atoms with Crippen LogP contribution in [0.1, 0.15) is 18.4 Å². The first-order valence-corrected chi connectivity index (χ1v) is 6.14. The normalized spacial score (nSPS) is 16.4. The molecule has 1 aliphatic carbocycles. The number of aryl methyl sites for hydroxylation is 1. The van der Waals surface area contributed by atoms with Crippen LogP contribution in [-0.4, -0.2) is 23.2 Å². The van der Waals surface area contributed by atoms with Crippen LogP contribution in [0.15, 0.2) is 12.1 Å². The largest absolute Gasteiger partial charge is 0.396 e. The van der Waals surface area contributed by atoms with Gasteiger partial charge < -0.3 is 10.4 Å². The van der Waals surface area contributed by atoms with Crippen molar-refractivity contribution in [1.82, 2.24) is 0 Å². The van der Waals surface area contributed by atoms with Gasteiger partial charge in [-0.2, -0.15) is 0 Å². The van der Waals surface area contributed by atoms with E-state index >= 15 is 0 Å². The van der Waals surface area contributed by atoms with Crippen molar-refractivity contribution in [1.29, 1.82) is 0 Å². The van der Waals surface area contributed by atoms with Crippen molar-refractivity contribution in [3.63, 3.8) is 0 Å². The minimum absolute atomic E-state index is 0.0132. The summed E-state index contributed by atoms with van der Waals surface area (Å²) in [5.41, 5.74) is 1.47. The van der Waals surface area contributed by atoms with Crippen LogP contribution in [0.5, 0.6) is 0 Å². The number of rotatable bonds is 5. The van der Waals surface area contributed by atoms with Gasteiger partial charge in [-0.15, -0.1) is 0 Å². The summed E-state index contributed by atoms with van der Waals surface area (Å²) in [6.07, 6.45) is 2.02. The maximum Gasteiger partial charge on any atom is 0.288 e. The van der Waals surface area contributed by atoms with E-state index < -0.39 is 4.92 Å². The molecule has 0 bridgehead atoms. The molecule has 0 atom stereocenters. The first-order valence-electron chi connectivity index (χ1n) is 5.77. The van der Waals surface area contributed by atoms with Gasteiger partial charge in [0.25, 0.3) is 5.69 Å². The first-order chi connectivity index (χ1) is 8.47. The van der Waals surface area contributed by atoms with E-state index in [0.29, 0.717) is 6.54 Å². The van der Waals surface area contributed by atoms with Gasteiger partial charge in [-0.1, -0.05) is 11.6 Å². The van der Waals surface area contributed by atoms with Crippen LogP contribution in [-0.2, 0) is 0 Å². The lowest BCUT2D eigenvalue weighted by molar-refractivity contribution is -0.384. The standard InChI is InChI=1S/C12H15ClN2O3/c1-8-4-11(15(17)18)9(13)5-10(8)14-6-12(7-16)2-3-12/h4-5,14,16H,2-3,6-7H2,1H3. The fourth-order valence-electron chi connectivity index (χ4n) is 1.85. The Hall–Kier alpha value is -1.33. The number of nitrogens with zero attached hydrogens (tertiary/aromatic N) is 1. The predicted molar refractivity (Wildman–Crippen MR) is 70.1 cm³/mol. The maximum atomic E-state index is 10.7. The first kappa shape index (κ1) is 13.1. The molecule has 2 N–H and O–H groups in total. The van der Waals surface area contributed by atoms with Gasteiger partial charge >= 0.3 is 0 Å². The van der Waals surface area contributed by atoms with Crippen LogP contribution in [0.4, 0.5) is 11.4 Å². The van der Waals surface area contributed by atoms with E-state index in [4.69, 9.17) is 11.6 Å². The molecule has 2 rings (SSSR count). The molecule has 0 unspecified atom stereocenters. The molecule has 0 aromatic heterocycles. The molecule has 0 amide bonds. The summed E-state index contributed by atoms with van der Waals surface area (Å²) in [7, 11) is 0. The van der Waals surface area contributed by atoms with Crippen molar-refractivity contribution >= 4 is 23.0 Å². The van der Waals surface area contributed by atoms with Gasteiger partial charge in [-0.05, 0) is 31.4 Å². The minimum atomic E-state index is -0.491. The van der Waals surface area contributed by atoms with Crippen molar-refractivity contribution < 1.29 is 10.0 Å². The summed E-state index contributed by atoms with van der Waals surface area (Å²) >= 11 is 5.86. The van der Waals surface area contributed by atoms with Crippen molar-refractivity contribution in [2.75, 3.05) is 18.5 Å². The van der Waals surface area contributed by atoms with Gasteiger partial charge in [-0.25, -0.2) is 0 Å². The number of aliphatic hydroxyl groups is 1. The molecule has 0 saturated heterocycles. The predicted octanol–water partition coefficient (Wildman–Crippen LogP) is 2.74. The van der Waals surface area contributed by atoms with E-state index in [1.165, 1.54) is 6.07 Å².